The minimum Gasteiger partial charge on any atom is -0.0616 e. The van der Waals surface area contributed by atoms with E-state index in [1.54, 1.807) is 0 Å². The van der Waals surface area contributed by atoms with Crippen molar-refractivity contribution in [2.24, 2.45) is 0 Å². The Kier molecular flexibility index (Phi) is 2.76. The second-order valence-electron chi connectivity index (χ2n) is 6.64. The molecule has 23 heavy (non-hydrogen) atoms. The molecule has 5 rings (SSSR count). The summed E-state index contributed by atoms with van der Waals surface area (Å²) in [5, 5.41) is 2.92. The zero-order valence-corrected chi connectivity index (χ0v) is 13.4. The summed E-state index contributed by atoms with van der Waals surface area (Å²) in [6.07, 6.45) is 8.18. The van der Waals surface area contributed by atoms with Crippen molar-refractivity contribution in [3.05, 3.63) is 82.8 Å². The fourth-order valence-corrected chi connectivity index (χ4v) is 4.22. The average Bonchev–Trinajstić information content (AvgIpc) is 3.20. The van der Waals surface area contributed by atoms with Crippen LogP contribution in [-0.2, 0) is 12.8 Å². The molecule has 3 aromatic rings. The normalized spacial score (nSPS) is 15.1. The first kappa shape index (κ1) is 13.1. The Morgan fingerprint density at radius 3 is 2.52 bits per heavy atom. The predicted octanol–water partition coefficient (Wildman–Crippen LogP) is 5.96. The van der Waals surface area contributed by atoms with Gasteiger partial charge in [-0.05, 0) is 63.4 Å². The summed E-state index contributed by atoms with van der Waals surface area (Å²) in [6, 6.07) is 18.2. The van der Waals surface area contributed by atoms with Crippen molar-refractivity contribution in [3.63, 3.8) is 0 Å². The molecule has 0 nitrogen and oxygen atoms in total. The molecule has 2 aliphatic rings. The number of allylic oxidation sites excluding steroid dienone is 1. The topological polar surface area (TPSA) is 0 Å². The van der Waals surface area contributed by atoms with E-state index in [1.807, 2.05) is 0 Å². The molecule has 0 atom stereocenters. The van der Waals surface area contributed by atoms with Crippen molar-refractivity contribution < 1.29 is 0 Å². The quantitative estimate of drug-likeness (QED) is 0.547. The zero-order chi connectivity index (χ0) is 15.4. The van der Waals surface area contributed by atoms with Crippen LogP contribution in [0.2, 0.25) is 0 Å². The Morgan fingerprint density at radius 2 is 1.65 bits per heavy atom. The average molecular weight is 295 g/mol. The second-order valence-corrected chi connectivity index (χ2v) is 6.64. The maximum atomic E-state index is 2.37. The molecule has 111 valence electrons. The lowest BCUT2D eigenvalue weighted by Crippen LogP contribution is -1.89. The highest BCUT2D eigenvalue weighted by Crippen LogP contribution is 2.41. The molecule has 0 heterocycles. The minimum absolute atomic E-state index is 1.10. The minimum atomic E-state index is 1.10. The Labute approximate surface area is 137 Å². The van der Waals surface area contributed by atoms with Crippen LogP contribution >= 0.6 is 0 Å². The number of benzene rings is 3. The first-order chi connectivity index (χ1) is 11.3. The van der Waals surface area contributed by atoms with Gasteiger partial charge in [-0.1, -0.05) is 67.1 Å². The van der Waals surface area contributed by atoms with E-state index in [0.717, 1.165) is 6.42 Å². The molecule has 0 heteroatoms. The van der Waals surface area contributed by atoms with Crippen molar-refractivity contribution in [1.29, 1.82) is 0 Å². The van der Waals surface area contributed by atoms with Crippen LogP contribution in [0.1, 0.15) is 35.6 Å². The van der Waals surface area contributed by atoms with Crippen LogP contribution in [0.15, 0.2) is 54.1 Å². The van der Waals surface area contributed by atoms with Gasteiger partial charge in [0.2, 0.25) is 0 Å². The van der Waals surface area contributed by atoms with Gasteiger partial charge in [-0.3, -0.25) is 0 Å². The van der Waals surface area contributed by atoms with Crippen molar-refractivity contribution in [3.8, 4) is 11.1 Å². The molecule has 0 amide bonds. The van der Waals surface area contributed by atoms with Gasteiger partial charge in [-0.2, -0.15) is 0 Å². The third-order valence-electron chi connectivity index (χ3n) is 5.39. The molecule has 0 fully saturated rings. The third-order valence-corrected chi connectivity index (χ3v) is 5.39. The van der Waals surface area contributed by atoms with Gasteiger partial charge >= 0.3 is 0 Å². The molecule has 2 aliphatic carbocycles. The molecule has 0 spiro atoms. The zero-order valence-electron chi connectivity index (χ0n) is 13.4. The number of aryl methyl sites for hydroxylation is 2. The summed E-state index contributed by atoms with van der Waals surface area (Å²) in [4.78, 5) is 0. The maximum absolute atomic E-state index is 2.37. The summed E-state index contributed by atoms with van der Waals surface area (Å²) in [7, 11) is 0. The molecule has 3 aromatic carbocycles. The highest BCUT2D eigenvalue weighted by atomic mass is 14.2. The van der Waals surface area contributed by atoms with Crippen LogP contribution in [0, 0.1) is 6.42 Å². The number of hydrogen-bond acceptors (Lipinski definition) is 0. The smallest absolute Gasteiger partial charge is 0.0164 e. The van der Waals surface area contributed by atoms with E-state index < -0.39 is 0 Å². The number of rotatable bonds is 2. The molecule has 0 aromatic heterocycles. The van der Waals surface area contributed by atoms with Crippen LogP contribution in [0.3, 0.4) is 0 Å². The van der Waals surface area contributed by atoms with Crippen molar-refractivity contribution in [2.75, 3.05) is 0 Å². The standard InChI is InChI=1S/C23H19/c1-2-15-13-18-6-4-7-19(22(18)14-15)20-12-11-17-10-9-16-5-3-8-21(20)23(16)17/h3-8,11-14H,2,9-10H2,1H3. The van der Waals surface area contributed by atoms with E-state index >= 15 is 0 Å². The maximum Gasteiger partial charge on any atom is 0.0164 e. The lowest BCUT2D eigenvalue weighted by Gasteiger charge is -2.12. The molecular formula is C23H19. The first-order valence-corrected chi connectivity index (χ1v) is 8.57. The molecular weight excluding hydrogens is 276 g/mol. The summed E-state index contributed by atoms with van der Waals surface area (Å²) in [5.41, 5.74) is 9.97. The lowest BCUT2D eigenvalue weighted by molar-refractivity contribution is 1.02. The summed E-state index contributed by atoms with van der Waals surface area (Å²) < 4.78 is 0. The van der Waals surface area contributed by atoms with E-state index in [4.69, 9.17) is 0 Å². The third kappa shape index (κ3) is 1.84. The summed E-state index contributed by atoms with van der Waals surface area (Å²) in [5.74, 6) is 0. The Bertz CT molecular complexity index is 962. The highest BCUT2D eigenvalue weighted by Gasteiger charge is 2.20. The van der Waals surface area contributed by atoms with Crippen LogP contribution in [-0.4, -0.2) is 0 Å². The monoisotopic (exact) mass is 295 g/mol. The Hall–Kier alpha value is -2.34. The van der Waals surface area contributed by atoms with Gasteiger partial charge in [0.1, 0.15) is 0 Å². The summed E-state index contributed by atoms with van der Waals surface area (Å²) in [6.45, 7) is 2.23. The van der Waals surface area contributed by atoms with E-state index in [-0.39, 0.29) is 0 Å². The molecule has 0 aliphatic heterocycles. The molecule has 0 unspecified atom stereocenters. The van der Waals surface area contributed by atoms with Crippen LogP contribution in [0.4, 0.5) is 0 Å². The van der Waals surface area contributed by atoms with E-state index in [2.05, 4.69) is 68.0 Å². The first-order valence-electron chi connectivity index (χ1n) is 8.57. The van der Waals surface area contributed by atoms with Gasteiger partial charge in [-0.15, -0.1) is 0 Å². The second kappa shape index (κ2) is 4.83. The van der Waals surface area contributed by atoms with Gasteiger partial charge in [0.25, 0.3) is 0 Å². The van der Waals surface area contributed by atoms with E-state index in [0.29, 0.717) is 0 Å². The van der Waals surface area contributed by atoms with Gasteiger partial charge in [0, 0.05) is 6.42 Å². The van der Waals surface area contributed by atoms with Crippen molar-refractivity contribution in [1.82, 2.24) is 0 Å². The highest BCUT2D eigenvalue weighted by molar-refractivity contribution is 6.03. The summed E-state index contributed by atoms with van der Waals surface area (Å²) >= 11 is 0. The fourth-order valence-electron chi connectivity index (χ4n) is 4.22. The largest absolute Gasteiger partial charge is 0.0616 e. The number of fused-ring (bicyclic) bond motifs is 1. The molecule has 0 bridgehead atoms. The lowest BCUT2D eigenvalue weighted by atomic mass is 9.91. The Morgan fingerprint density at radius 1 is 0.826 bits per heavy atom. The van der Waals surface area contributed by atoms with Crippen LogP contribution < -0.4 is 0 Å². The van der Waals surface area contributed by atoms with E-state index in [9.17, 15) is 0 Å². The van der Waals surface area contributed by atoms with Crippen molar-refractivity contribution >= 4 is 16.8 Å². The van der Waals surface area contributed by atoms with Gasteiger partial charge in [0.15, 0.2) is 0 Å². The van der Waals surface area contributed by atoms with Crippen molar-refractivity contribution in [2.45, 2.75) is 26.2 Å². The predicted molar refractivity (Wildman–Crippen MR) is 98.5 cm³/mol. The molecule has 0 N–H and O–H groups in total. The SMILES string of the molecule is CCC1=Cc2c(cccc2-c2ccc3c4c(cccc24)CC3)[CH]1. The molecule has 1 radical (unpaired) electrons. The Balaban J connectivity index is 1.81. The van der Waals surface area contributed by atoms with Crippen LogP contribution in [0.25, 0.3) is 28.0 Å². The van der Waals surface area contributed by atoms with Gasteiger partial charge in [0.05, 0.1) is 0 Å². The molecule has 0 saturated carbocycles. The van der Waals surface area contributed by atoms with Gasteiger partial charge < -0.3 is 0 Å². The molecule has 0 saturated heterocycles. The van der Waals surface area contributed by atoms with Gasteiger partial charge in [-0.25, -0.2) is 0 Å². The fraction of sp³-hybridized carbons (Fsp3) is 0.174. The van der Waals surface area contributed by atoms with E-state index in [1.165, 1.54) is 62.6 Å². The van der Waals surface area contributed by atoms with Crippen LogP contribution in [0.5, 0.6) is 0 Å². The number of hydrogen-bond donors (Lipinski definition) is 0.